The van der Waals surface area contributed by atoms with Gasteiger partial charge >= 0.3 is 5.97 Å². The first-order valence-electron chi connectivity index (χ1n) is 10.5. The summed E-state index contributed by atoms with van der Waals surface area (Å²) in [5, 5.41) is 11.3. The zero-order chi connectivity index (χ0) is 25.2. The standard InChI is InChI=1S/C24H22N2O8S/c1-15-4-3-5-20(8-15)25-35(30,31)22-11-17(7-6-16(22)2)24(27)33-13-19-10-21(26(28)29)9-18-12-32-14-34-23(18)19/h3-11,25H,12-14H2,1-2H3. The van der Waals surface area contributed by atoms with Crippen molar-refractivity contribution in [3.05, 3.63) is 92.5 Å². The highest BCUT2D eigenvalue weighted by molar-refractivity contribution is 7.92. The maximum absolute atomic E-state index is 13.0. The van der Waals surface area contributed by atoms with Gasteiger partial charge in [0.15, 0.2) is 6.79 Å². The highest BCUT2D eigenvalue weighted by Gasteiger charge is 2.23. The lowest BCUT2D eigenvalue weighted by atomic mass is 10.1. The summed E-state index contributed by atoms with van der Waals surface area (Å²) in [7, 11) is -3.98. The van der Waals surface area contributed by atoms with Gasteiger partial charge in [0.1, 0.15) is 12.4 Å². The lowest BCUT2D eigenvalue weighted by Crippen LogP contribution is -2.16. The number of fused-ring (bicyclic) bond motifs is 1. The van der Waals surface area contributed by atoms with Crippen molar-refractivity contribution in [2.24, 2.45) is 0 Å². The Morgan fingerprint density at radius 3 is 2.69 bits per heavy atom. The first kappa shape index (κ1) is 24.2. The average molecular weight is 499 g/mol. The summed E-state index contributed by atoms with van der Waals surface area (Å²) in [6.07, 6.45) is 0. The van der Waals surface area contributed by atoms with E-state index in [0.29, 0.717) is 28.1 Å². The van der Waals surface area contributed by atoms with E-state index in [1.807, 2.05) is 13.0 Å². The zero-order valence-electron chi connectivity index (χ0n) is 18.9. The minimum atomic E-state index is -3.98. The smallest absolute Gasteiger partial charge is 0.338 e. The number of nitro benzene ring substituents is 1. The number of anilines is 1. The van der Waals surface area contributed by atoms with Crippen molar-refractivity contribution in [3.63, 3.8) is 0 Å². The quantitative estimate of drug-likeness (QED) is 0.290. The van der Waals surface area contributed by atoms with Gasteiger partial charge in [0.25, 0.3) is 15.7 Å². The van der Waals surface area contributed by atoms with Crippen LogP contribution in [-0.2, 0) is 32.7 Å². The zero-order valence-corrected chi connectivity index (χ0v) is 19.8. The Morgan fingerprint density at radius 2 is 1.94 bits per heavy atom. The van der Waals surface area contributed by atoms with Crippen LogP contribution < -0.4 is 9.46 Å². The van der Waals surface area contributed by atoms with E-state index < -0.39 is 20.9 Å². The van der Waals surface area contributed by atoms with Crippen LogP contribution in [0.4, 0.5) is 11.4 Å². The maximum Gasteiger partial charge on any atom is 0.338 e. The second-order valence-corrected chi connectivity index (χ2v) is 9.64. The predicted molar refractivity (Wildman–Crippen MR) is 126 cm³/mol. The van der Waals surface area contributed by atoms with E-state index in [0.717, 1.165) is 5.56 Å². The Bertz CT molecular complexity index is 1420. The molecule has 0 bridgehead atoms. The van der Waals surface area contributed by atoms with E-state index in [2.05, 4.69) is 4.72 Å². The van der Waals surface area contributed by atoms with Crippen molar-refractivity contribution < 1.29 is 32.3 Å². The molecule has 4 rings (SSSR count). The number of carbonyl (C=O) groups is 1. The number of nitrogens with one attached hydrogen (secondary N) is 1. The number of rotatable bonds is 7. The number of benzene rings is 3. The summed E-state index contributed by atoms with van der Waals surface area (Å²) in [4.78, 5) is 23.4. The molecule has 11 heteroatoms. The van der Waals surface area contributed by atoms with Crippen LogP contribution in [0.1, 0.15) is 32.6 Å². The molecule has 0 fully saturated rings. The van der Waals surface area contributed by atoms with Gasteiger partial charge in [0.2, 0.25) is 0 Å². The van der Waals surface area contributed by atoms with Gasteiger partial charge in [-0.05, 0) is 49.2 Å². The summed E-state index contributed by atoms with van der Waals surface area (Å²) in [6, 6.07) is 13.7. The average Bonchev–Trinajstić information content (AvgIpc) is 2.82. The Balaban J connectivity index is 1.56. The Morgan fingerprint density at radius 1 is 1.14 bits per heavy atom. The molecule has 0 amide bonds. The Hall–Kier alpha value is -3.96. The predicted octanol–water partition coefficient (Wildman–Crippen LogP) is 4.24. The molecule has 3 aromatic carbocycles. The number of aryl methyl sites for hydroxylation is 2. The molecule has 1 N–H and O–H groups in total. The topological polar surface area (TPSA) is 134 Å². The number of hydrogen-bond acceptors (Lipinski definition) is 8. The van der Waals surface area contributed by atoms with Gasteiger partial charge in [-0.3, -0.25) is 14.8 Å². The number of ether oxygens (including phenoxy) is 3. The molecule has 0 unspecified atom stereocenters. The summed E-state index contributed by atoms with van der Waals surface area (Å²) < 4.78 is 44.5. The molecule has 0 aromatic heterocycles. The van der Waals surface area contributed by atoms with E-state index in [9.17, 15) is 23.3 Å². The molecule has 0 atom stereocenters. The van der Waals surface area contributed by atoms with Crippen LogP contribution in [0.3, 0.4) is 0 Å². The monoisotopic (exact) mass is 498 g/mol. The van der Waals surface area contributed by atoms with Crippen molar-refractivity contribution in [2.45, 2.75) is 32.0 Å². The van der Waals surface area contributed by atoms with Crippen LogP contribution in [0.25, 0.3) is 0 Å². The van der Waals surface area contributed by atoms with Crippen LogP contribution in [0.15, 0.2) is 59.5 Å². The van der Waals surface area contributed by atoms with Gasteiger partial charge in [-0.15, -0.1) is 0 Å². The summed E-state index contributed by atoms with van der Waals surface area (Å²) in [6.45, 7) is 3.26. The lowest BCUT2D eigenvalue weighted by Gasteiger charge is -2.20. The summed E-state index contributed by atoms with van der Waals surface area (Å²) in [5.74, 6) is -0.423. The number of carbonyl (C=O) groups excluding carboxylic acids is 1. The SMILES string of the molecule is Cc1cccc(NS(=O)(=O)c2cc(C(=O)OCc3cc([N+](=O)[O-])cc4c3OCOC4)ccc2C)c1. The molecule has 0 aliphatic carbocycles. The van der Waals surface area contributed by atoms with Gasteiger partial charge in [0.05, 0.1) is 22.0 Å². The van der Waals surface area contributed by atoms with Crippen molar-refractivity contribution in [3.8, 4) is 5.75 Å². The molecule has 0 radical (unpaired) electrons. The van der Waals surface area contributed by atoms with Gasteiger partial charge in [0, 0.05) is 28.9 Å². The second kappa shape index (κ2) is 9.72. The van der Waals surface area contributed by atoms with Gasteiger partial charge in [-0.25, -0.2) is 13.2 Å². The third-order valence-electron chi connectivity index (χ3n) is 5.32. The molecule has 1 heterocycles. The number of sulfonamides is 1. The number of esters is 1. The molecule has 1 aliphatic heterocycles. The van der Waals surface area contributed by atoms with Crippen LogP contribution in [0.2, 0.25) is 0 Å². The molecule has 182 valence electrons. The third kappa shape index (κ3) is 5.42. The van der Waals surface area contributed by atoms with E-state index in [4.69, 9.17) is 14.2 Å². The van der Waals surface area contributed by atoms with E-state index >= 15 is 0 Å². The van der Waals surface area contributed by atoms with Crippen LogP contribution >= 0.6 is 0 Å². The molecule has 0 spiro atoms. The first-order chi connectivity index (χ1) is 16.6. The minimum Gasteiger partial charge on any atom is -0.467 e. The largest absolute Gasteiger partial charge is 0.467 e. The highest BCUT2D eigenvalue weighted by atomic mass is 32.2. The van der Waals surface area contributed by atoms with E-state index in [1.54, 1.807) is 25.1 Å². The normalized spacial score (nSPS) is 12.9. The molecule has 1 aliphatic rings. The molecule has 35 heavy (non-hydrogen) atoms. The van der Waals surface area contributed by atoms with Crippen LogP contribution in [0, 0.1) is 24.0 Å². The van der Waals surface area contributed by atoms with Crippen molar-refractivity contribution in [1.29, 1.82) is 0 Å². The fourth-order valence-electron chi connectivity index (χ4n) is 3.66. The Kier molecular flexibility index (Phi) is 6.72. The molecule has 0 saturated heterocycles. The van der Waals surface area contributed by atoms with Crippen LogP contribution in [0.5, 0.6) is 5.75 Å². The summed E-state index contributed by atoms with van der Waals surface area (Å²) in [5.41, 5.74) is 2.35. The Labute approximate surface area is 201 Å². The van der Waals surface area contributed by atoms with E-state index in [1.165, 1.54) is 30.3 Å². The van der Waals surface area contributed by atoms with Crippen molar-refractivity contribution in [1.82, 2.24) is 0 Å². The minimum absolute atomic E-state index is 0.0174. The first-order valence-corrected chi connectivity index (χ1v) is 12.0. The fraction of sp³-hybridized carbons (Fsp3) is 0.208. The van der Waals surface area contributed by atoms with Crippen molar-refractivity contribution in [2.75, 3.05) is 11.5 Å². The van der Waals surface area contributed by atoms with Gasteiger partial charge in [-0.2, -0.15) is 0 Å². The van der Waals surface area contributed by atoms with Gasteiger partial charge in [-0.1, -0.05) is 18.2 Å². The maximum atomic E-state index is 13.0. The van der Waals surface area contributed by atoms with Crippen molar-refractivity contribution >= 4 is 27.4 Å². The third-order valence-corrected chi connectivity index (χ3v) is 6.85. The molecule has 3 aromatic rings. The lowest BCUT2D eigenvalue weighted by molar-refractivity contribution is -0.385. The number of nitro groups is 1. The fourth-order valence-corrected chi connectivity index (χ4v) is 4.98. The molecular weight excluding hydrogens is 476 g/mol. The molecular formula is C24H22N2O8S. The number of non-ortho nitro benzene ring substituents is 1. The van der Waals surface area contributed by atoms with Gasteiger partial charge < -0.3 is 14.2 Å². The van der Waals surface area contributed by atoms with E-state index in [-0.39, 0.29) is 36.2 Å². The number of hydrogen-bond donors (Lipinski definition) is 1. The molecule has 10 nitrogen and oxygen atoms in total. The highest BCUT2D eigenvalue weighted by Crippen LogP contribution is 2.33. The summed E-state index contributed by atoms with van der Waals surface area (Å²) >= 11 is 0. The molecule has 0 saturated carbocycles. The second-order valence-electron chi connectivity index (χ2n) is 7.99. The van der Waals surface area contributed by atoms with Crippen LogP contribution in [-0.4, -0.2) is 26.1 Å². The number of nitrogens with zero attached hydrogens (tertiary/aromatic N) is 1.